The van der Waals surface area contributed by atoms with Crippen LogP contribution >= 0.6 is 0 Å². The SMILES string of the molecule is COc1ccc(F)c(CN2CCC[C@@](O)(CN(C)Cc3ccco3)C2=O)c1. The summed E-state index contributed by atoms with van der Waals surface area (Å²) in [6.07, 6.45) is 2.63. The number of hydrogen-bond donors (Lipinski definition) is 1. The van der Waals surface area contributed by atoms with Crippen molar-refractivity contribution in [3.8, 4) is 5.75 Å². The molecule has 1 saturated heterocycles. The molecule has 0 bridgehead atoms. The van der Waals surface area contributed by atoms with Gasteiger partial charge in [0.25, 0.3) is 5.91 Å². The van der Waals surface area contributed by atoms with Crippen molar-refractivity contribution in [2.45, 2.75) is 31.5 Å². The number of hydrogen-bond acceptors (Lipinski definition) is 5. The van der Waals surface area contributed by atoms with Crippen LogP contribution in [0.25, 0.3) is 0 Å². The summed E-state index contributed by atoms with van der Waals surface area (Å²) >= 11 is 0. The first-order valence-electron chi connectivity index (χ1n) is 8.96. The number of likely N-dealkylation sites (tertiary alicyclic amines) is 1. The Bertz CT molecular complexity index is 780. The van der Waals surface area contributed by atoms with Gasteiger partial charge in [-0.3, -0.25) is 9.69 Å². The molecule has 1 aromatic carbocycles. The molecule has 146 valence electrons. The average Bonchev–Trinajstić information content (AvgIpc) is 3.13. The Hall–Kier alpha value is -2.38. The highest BCUT2D eigenvalue weighted by Crippen LogP contribution is 2.27. The first-order valence-corrected chi connectivity index (χ1v) is 8.96. The Morgan fingerprint density at radius 1 is 1.41 bits per heavy atom. The van der Waals surface area contributed by atoms with E-state index in [1.807, 2.05) is 18.0 Å². The molecule has 0 radical (unpaired) electrons. The van der Waals surface area contributed by atoms with E-state index < -0.39 is 11.4 Å². The molecule has 1 aromatic heterocycles. The number of ether oxygens (including phenoxy) is 1. The number of nitrogens with zero attached hydrogens (tertiary/aromatic N) is 2. The zero-order chi connectivity index (χ0) is 19.4. The van der Waals surface area contributed by atoms with Crippen LogP contribution in [-0.4, -0.2) is 53.7 Å². The van der Waals surface area contributed by atoms with Crippen LogP contribution in [0.15, 0.2) is 41.0 Å². The van der Waals surface area contributed by atoms with Crippen LogP contribution in [0.4, 0.5) is 4.39 Å². The monoisotopic (exact) mass is 376 g/mol. The van der Waals surface area contributed by atoms with Gasteiger partial charge >= 0.3 is 0 Å². The predicted molar refractivity (Wildman–Crippen MR) is 97.6 cm³/mol. The number of methoxy groups -OCH3 is 1. The molecule has 1 aliphatic heterocycles. The van der Waals surface area contributed by atoms with Crippen LogP contribution in [-0.2, 0) is 17.9 Å². The van der Waals surface area contributed by atoms with Gasteiger partial charge in [-0.1, -0.05) is 0 Å². The predicted octanol–water partition coefficient (Wildman–Crippen LogP) is 2.41. The fourth-order valence-electron chi connectivity index (χ4n) is 3.54. The Labute approximate surface area is 158 Å². The molecule has 0 aliphatic carbocycles. The largest absolute Gasteiger partial charge is 0.497 e. The molecule has 2 heterocycles. The maximum atomic E-state index is 14.1. The van der Waals surface area contributed by atoms with Crippen molar-refractivity contribution >= 4 is 5.91 Å². The van der Waals surface area contributed by atoms with Crippen molar-refractivity contribution < 1.29 is 23.4 Å². The molecule has 1 N–H and O–H groups in total. The van der Waals surface area contributed by atoms with Crippen LogP contribution in [0, 0.1) is 5.82 Å². The number of amides is 1. The zero-order valence-corrected chi connectivity index (χ0v) is 15.7. The molecule has 1 aliphatic rings. The average molecular weight is 376 g/mol. The molecule has 0 spiro atoms. The van der Waals surface area contributed by atoms with Gasteiger partial charge in [0.05, 0.1) is 19.9 Å². The smallest absolute Gasteiger partial charge is 0.256 e. The Morgan fingerprint density at radius 2 is 2.22 bits per heavy atom. The van der Waals surface area contributed by atoms with E-state index in [1.54, 1.807) is 18.4 Å². The highest BCUT2D eigenvalue weighted by Gasteiger charge is 2.43. The maximum absolute atomic E-state index is 14.1. The van der Waals surface area contributed by atoms with E-state index in [0.29, 0.717) is 37.2 Å². The van der Waals surface area contributed by atoms with Crippen LogP contribution in [0.5, 0.6) is 5.75 Å². The highest BCUT2D eigenvalue weighted by atomic mass is 19.1. The minimum atomic E-state index is -1.49. The van der Waals surface area contributed by atoms with E-state index in [2.05, 4.69) is 0 Å². The highest BCUT2D eigenvalue weighted by molar-refractivity contribution is 5.86. The summed E-state index contributed by atoms with van der Waals surface area (Å²) in [4.78, 5) is 16.3. The van der Waals surface area contributed by atoms with Gasteiger partial charge in [-0.2, -0.15) is 0 Å². The molecule has 1 atom stereocenters. The molecule has 0 unspecified atom stereocenters. The minimum absolute atomic E-state index is 0.103. The van der Waals surface area contributed by atoms with Crippen molar-refractivity contribution in [2.75, 3.05) is 27.2 Å². The van der Waals surface area contributed by atoms with Gasteiger partial charge in [0, 0.05) is 25.2 Å². The lowest BCUT2D eigenvalue weighted by atomic mass is 9.90. The first-order chi connectivity index (χ1) is 12.9. The summed E-state index contributed by atoms with van der Waals surface area (Å²) < 4.78 is 24.6. The topological polar surface area (TPSA) is 66.2 Å². The number of aliphatic hydroxyl groups is 1. The second-order valence-corrected chi connectivity index (χ2v) is 7.07. The molecule has 7 heteroatoms. The molecule has 6 nitrogen and oxygen atoms in total. The lowest BCUT2D eigenvalue weighted by Crippen LogP contribution is -2.57. The molecule has 3 rings (SSSR count). The maximum Gasteiger partial charge on any atom is 0.256 e. The normalized spacial score (nSPS) is 20.3. The van der Waals surface area contributed by atoms with Crippen molar-refractivity contribution in [2.24, 2.45) is 0 Å². The molecule has 27 heavy (non-hydrogen) atoms. The molecular weight excluding hydrogens is 351 g/mol. The number of piperidine rings is 1. The number of likely N-dealkylation sites (N-methyl/N-ethyl adjacent to an activating group) is 1. The van der Waals surface area contributed by atoms with Gasteiger partial charge in [0.2, 0.25) is 0 Å². The summed E-state index contributed by atoms with van der Waals surface area (Å²) in [6.45, 7) is 1.27. The summed E-state index contributed by atoms with van der Waals surface area (Å²) in [7, 11) is 3.34. The standard InChI is InChI=1S/C20H25FN2O4/c1-22(13-17-5-3-10-27-17)14-20(25)8-4-9-23(19(20)24)12-15-11-16(26-2)6-7-18(15)21/h3,5-7,10-11,25H,4,8-9,12-14H2,1-2H3/t20-/m1/s1. The number of carbonyl (C=O) groups is 1. The first kappa shape index (κ1) is 19.4. The van der Waals surface area contributed by atoms with Gasteiger partial charge in [0.15, 0.2) is 5.60 Å². The van der Waals surface area contributed by atoms with Crippen LogP contribution < -0.4 is 4.74 Å². The Morgan fingerprint density at radius 3 is 2.93 bits per heavy atom. The lowest BCUT2D eigenvalue weighted by molar-refractivity contribution is -0.160. The van der Waals surface area contributed by atoms with Crippen LogP contribution in [0.2, 0.25) is 0 Å². The van der Waals surface area contributed by atoms with Crippen molar-refractivity contribution in [3.63, 3.8) is 0 Å². The molecule has 1 amide bonds. The molecule has 0 saturated carbocycles. The number of carbonyl (C=O) groups excluding carboxylic acids is 1. The third-order valence-corrected chi connectivity index (χ3v) is 4.86. The summed E-state index contributed by atoms with van der Waals surface area (Å²) in [5.41, 5.74) is -1.12. The van der Waals surface area contributed by atoms with Crippen LogP contribution in [0.1, 0.15) is 24.2 Å². The van der Waals surface area contributed by atoms with E-state index in [9.17, 15) is 14.3 Å². The third kappa shape index (κ3) is 4.48. The molecule has 1 fully saturated rings. The number of halogens is 1. The van der Waals surface area contributed by atoms with Crippen LogP contribution in [0.3, 0.4) is 0 Å². The van der Waals surface area contributed by atoms with Gasteiger partial charge in [-0.25, -0.2) is 4.39 Å². The Balaban J connectivity index is 1.69. The van der Waals surface area contributed by atoms with E-state index >= 15 is 0 Å². The minimum Gasteiger partial charge on any atom is -0.497 e. The number of rotatable bonds is 7. The molecule has 2 aromatic rings. The van der Waals surface area contributed by atoms with Crippen molar-refractivity contribution in [3.05, 3.63) is 53.7 Å². The summed E-state index contributed by atoms with van der Waals surface area (Å²) in [5.74, 6) is 0.527. The number of furan rings is 1. The second-order valence-electron chi connectivity index (χ2n) is 7.07. The summed E-state index contributed by atoms with van der Waals surface area (Å²) in [5, 5.41) is 11.0. The van der Waals surface area contributed by atoms with Gasteiger partial charge in [-0.05, 0) is 50.2 Å². The fraction of sp³-hybridized carbons (Fsp3) is 0.450. The van der Waals surface area contributed by atoms with Gasteiger partial charge in [-0.15, -0.1) is 0 Å². The summed E-state index contributed by atoms with van der Waals surface area (Å²) in [6, 6.07) is 8.09. The zero-order valence-electron chi connectivity index (χ0n) is 15.7. The lowest BCUT2D eigenvalue weighted by Gasteiger charge is -2.40. The fourth-order valence-corrected chi connectivity index (χ4v) is 3.54. The quantitative estimate of drug-likeness (QED) is 0.804. The van der Waals surface area contributed by atoms with Crippen molar-refractivity contribution in [1.29, 1.82) is 0 Å². The van der Waals surface area contributed by atoms with E-state index in [0.717, 1.165) is 5.76 Å². The third-order valence-electron chi connectivity index (χ3n) is 4.86. The van der Waals surface area contributed by atoms with E-state index in [4.69, 9.17) is 9.15 Å². The number of benzene rings is 1. The molecular formula is C20H25FN2O4. The van der Waals surface area contributed by atoms with E-state index in [1.165, 1.54) is 24.1 Å². The Kier molecular flexibility index (Phi) is 5.82. The van der Waals surface area contributed by atoms with Gasteiger partial charge < -0.3 is 19.2 Å². The van der Waals surface area contributed by atoms with Crippen molar-refractivity contribution in [1.82, 2.24) is 9.80 Å². The van der Waals surface area contributed by atoms with Gasteiger partial charge in [0.1, 0.15) is 17.3 Å². The second kappa shape index (κ2) is 8.10. The van der Waals surface area contributed by atoms with E-state index in [-0.39, 0.29) is 19.0 Å².